The second-order valence-electron chi connectivity index (χ2n) is 7.25. The van der Waals surface area contributed by atoms with Gasteiger partial charge in [-0.15, -0.1) is 5.10 Å². The first-order valence-corrected chi connectivity index (χ1v) is 11.7. The summed E-state index contributed by atoms with van der Waals surface area (Å²) in [6.45, 7) is 5.67. The molecule has 1 heterocycles. The molecule has 1 atom stereocenters. The number of benzene rings is 2. The number of carbonyl (C=O) groups excluding carboxylic acids is 1. The number of rotatable bonds is 7. The average Bonchev–Trinajstić information content (AvgIpc) is 3.10. The van der Waals surface area contributed by atoms with Gasteiger partial charge in [0.1, 0.15) is 4.90 Å². The zero-order valence-electron chi connectivity index (χ0n) is 17.4. The van der Waals surface area contributed by atoms with E-state index in [1.165, 1.54) is 42.2 Å². The topological polar surface area (TPSA) is 140 Å². The molecule has 12 heteroatoms. The molecule has 1 unspecified atom stereocenters. The number of amides is 1. The molecule has 0 radical (unpaired) electrons. The molecule has 2 aromatic rings. The van der Waals surface area contributed by atoms with E-state index in [4.69, 9.17) is 4.18 Å². The second-order valence-corrected chi connectivity index (χ2v) is 9.93. The molecule has 1 aliphatic rings. The molecule has 10 nitrogen and oxygen atoms in total. The van der Waals surface area contributed by atoms with E-state index in [2.05, 4.69) is 15.5 Å². The highest BCUT2D eigenvalue weighted by atomic mass is 32.2. The molecular formula is C20H20N4O6S2. The van der Waals surface area contributed by atoms with Crippen molar-refractivity contribution in [3.8, 4) is 5.75 Å². The number of hydrogen-bond acceptors (Lipinski definition) is 9. The summed E-state index contributed by atoms with van der Waals surface area (Å²) in [4.78, 5) is 21.8. The Hall–Kier alpha value is -3.25. The standard InChI is InChI=1S/C20H20N4O6S2/c1-12(2)18-19(25)22-20(31-18)23-21-11-14-9-13(3)7-8-17(14)30-32(28,29)16-6-4-5-15(10-16)24(26)27/h4-12,18H,1-3H3,(H,22,23,25). The molecule has 32 heavy (non-hydrogen) atoms. The molecule has 1 N–H and O–H groups in total. The number of nitrogens with zero attached hydrogens (tertiary/aromatic N) is 3. The fourth-order valence-electron chi connectivity index (χ4n) is 2.77. The minimum absolute atomic E-state index is 0.0192. The van der Waals surface area contributed by atoms with Crippen LogP contribution in [0.2, 0.25) is 0 Å². The van der Waals surface area contributed by atoms with Crippen LogP contribution in [-0.2, 0) is 14.9 Å². The molecule has 1 amide bonds. The number of thioether (sulfide) groups is 1. The molecule has 1 aliphatic heterocycles. The van der Waals surface area contributed by atoms with Crippen LogP contribution in [0.5, 0.6) is 5.75 Å². The third-order valence-electron chi connectivity index (χ3n) is 4.36. The van der Waals surface area contributed by atoms with Crippen molar-refractivity contribution >= 4 is 44.9 Å². The molecule has 0 bridgehead atoms. The van der Waals surface area contributed by atoms with Crippen LogP contribution >= 0.6 is 11.8 Å². The number of carbonyl (C=O) groups is 1. The molecular weight excluding hydrogens is 456 g/mol. The van der Waals surface area contributed by atoms with Crippen molar-refractivity contribution in [3.05, 3.63) is 63.7 Å². The minimum atomic E-state index is -4.33. The first kappa shape index (κ1) is 23.4. The van der Waals surface area contributed by atoms with Crippen LogP contribution in [0, 0.1) is 23.0 Å². The van der Waals surface area contributed by atoms with Crippen LogP contribution < -0.4 is 9.50 Å². The predicted octanol–water partition coefficient (Wildman–Crippen LogP) is 3.25. The molecule has 0 spiro atoms. The second kappa shape index (κ2) is 9.49. The van der Waals surface area contributed by atoms with E-state index in [9.17, 15) is 23.3 Å². The molecule has 2 aromatic carbocycles. The number of nitro groups is 1. The predicted molar refractivity (Wildman–Crippen MR) is 121 cm³/mol. The number of hydrogen-bond donors (Lipinski definition) is 1. The van der Waals surface area contributed by atoms with Gasteiger partial charge in [0.05, 0.1) is 16.4 Å². The number of nitrogens with one attached hydrogen (secondary N) is 1. The van der Waals surface area contributed by atoms with Crippen molar-refractivity contribution in [2.75, 3.05) is 0 Å². The summed E-state index contributed by atoms with van der Waals surface area (Å²) >= 11 is 1.27. The third-order valence-corrected chi connectivity index (χ3v) is 7.01. The highest BCUT2D eigenvalue weighted by Crippen LogP contribution is 2.27. The maximum absolute atomic E-state index is 12.7. The molecule has 168 valence electrons. The SMILES string of the molecule is Cc1ccc(OS(=O)(=O)c2cccc([N+](=O)[O-])c2)c(C=NN=C2NC(=O)C(C(C)C)S2)c1. The summed E-state index contributed by atoms with van der Waals surface area (Å²) in [5.74, 6) is -0.0247. The van der Waals surface area contributed by atoms with Gasteiger partial charge in [-0.3, -0.25) is 14.9 Å². The summed E-state index contributed by atoms with van der Waals surface area (Å²) in [6, 6.07) is 9.35. The van der Waals surface area contributed by atoms with Crippen molar-refractivity contribution in [3.63, 3.8) is 0 Å². The number of nitro benzene ring substituents is 1. The summed E-state index contributed by atoms with van der Waals surface area (Å²) in [7, 11) is -4.33. The highest BCUT2D eigenvalue weighted by molar-refractivity contribution is 8.15. The molecule has 1 saturated heterocycles. The monoisotopic (exact) mass is 476 g/mol. The lowest BCUT2D eigenvalue weighted by atomic mass is 10.1. The Balaban J connectivity index is 1.85. The van der Waals surface area contributed by atoms with E-state index >= 15 is 0 Å². The Morgan fingerprint density at radius 3 is 2.66 bits per heavy atom. The van der Waals surface area contributed by atoms with Gasteiger partial charge in [0.25, 0.3) is 5.69 Å². The van der Waals surface area contributed by atoms with Gasteiger partial charge in [-0.05, 0) is 31.0 Å². The Labute approximate surface area is 189 Å². The maximum Gasteiger partial charge on any atom is 0.339 e. The quantitative estimate of drug-likeness (QED) is 0.280. The summed E-state index contributed by atoms with van der Waals surface area (Å²) in [5.41, 5.74) is 0.785. The summed E-state index contributed by atoms with van der Waals surface area (Å²) in [5, 5.41) is 21.7. The number of amidine groups is 1. The van der Waals surface area contributed by atoms with Crippen LogP contribution in [0.4, 0.5) is 5.69 Å². The summed E-state index contributed by atoms with van der Waals surface area (Å²) in [6.07, 6.45) is 1.31. The number of aryl methyl sites for hydroxylation is 1. The van der Waals surface area contributed by atoms with Crippen molar-refractivity contribution in [1.82, 2.24) is 5.32 Å². The Morgan fingerprint density at radius 1 is 1.25 bits per heavy atom. The van der Waals surface area contributed by atoms with Gasteiger partial charge in [0, 0.05) is 17.7 Å². The van der Waals surface area contributed by atoms with Gasteiger partial charge < -0.3 is 9.50 Å². The first-order chi connectivity index (χ1) is 15.1. The average molecular weight is 477 g/mol. The first-order valence-electron chi connectivity index (χ1n) is 9.45. The van der Waals surface area contributed by atoms with Gasteiger partial charge in [-0.25, -0.2) is 0 Å². The van der Waals surface area contributed by atoms with Crippen molar-refractivity contribution in [2.24, 2.45) is 16.1 Å². The van der Waals surface area contributed by atoms with Crippen molar-refractivity contribution in [2.45, 2.75) is 30.9 Å². The lowest BCUT2D eigenvalue weighted by Crippen LogP contribution is -2.27. The normalized spacial score (nSPS) is 17.8. The molecule has 0 aliphatic carbocycles. The van der Waals surface area contributed by atoms with Gasteiger partial charge in [-0.1, -0.05) is 43.3 Å². The lowest BCUT2D eigenvalue weighted by molar-refractivity contribution is -0.385. The zero-order chi connectivity index (χ0) is 23.5. The van der Waals surface area contributed by atoms with Crippen LogP contribution in [-0.4, -0.2) is 35.9 Å². The van der Waals surface area contributed by atoms with E-state index < -0.39 is 15.0 Å². The number of non-ortho nitro benzene ring substituents is 1. The minimum Gasteiger partial charge on any atom is -0.378 e. The van der Waals surface area contributed by atoms with E-state index in [1.54, 1.807) is 12.1 Å². The fourth-order valence-corrected chi connectivity index (χ4v) is 4.70. The maximum atomic E-state index is 12.7. The Morgan fingerprint density at radius 2 is 2.00 bits per heavy atom. The van der Waals surface area contributed by atoms with Gasteiger partial charge >= 0.3 is 10.1 Å². The largest absolute Gasteiger partial charge is 0.378 e. The smallest absolute Gasteiger partial charge is 0.339 e. The molecule has 1 fully saturated rings. The van der Waals surface area contributed by atoms with Crippen LogP contribution in [0.1, 0.15) is 25.0 Å². The van der Waals surface area contributed by atoms with Crippen LogP contribution in [0.15, 0.2) is 57.6 Å². The zero-order valence-corrected chi connectivity index (χ0v) is 19.0. The molecule has 0 saturated carbocycles. The van der Waals surface area contributed by atoms with Crippen LogP contribution in [0.3, 0.4) is 0 Å². The van der Waals surface area contributed by atoms with Gasteiger partial charge in [0.15, 0.2) is 10.9 Å². The molecule has 0 aromatic heterocycles. The van der Waals surface area contributed by atoms with Crippen molar-refractivity contribution in [1.29, 1.82) is 0 Å². The lowest BCUT2D eigenvalue weighted by Gasteiger charge is -2.10. The van der Waals surface area contributed by atoms with Crippen LogP contribution in [0.25, 0.3) is 0 Å². The van der Waals surface area contributed by atoms with E-state index in [-0.39, 0.29) is 33.4 Å². The van der Waals surface area contributed by atoms with Gasteiger partial charge in [0.2, 0.25) is 5.91 Å². The van der Waals surface area contributed by atoms with E-state index in [0.29, 0.717) is 10.7 Å². The Kier molecular flexibility index (Phi) is 6.94. The van der Waals surface area contributed by atoms with E-state index in [1.807, 2.05) is 20.8 Å². The van der Waals surface area contributed by atoms with Gasteiger partial charge in [-0.2, -0.15) is 13.5 Å². The fraction of sp³-hybridized carbons (Fsp3) is 0.250. The van der Waals surface area contributed by atoms with E-state index in [0.717, 1.165) is 11.6 Å². The summed E-state index contributed by atoms with van der Waals surface area (Å²) < 4.78 is 30.6. The van der Waals surface area contributed by atoms with Crippen molar-refractivity contribution < 1.29 is 22.3 Å². The Bertz CT molecular complexity index is 1220. The highest BCUT2D eigenvalue weighted by Gasteiger charge is 2.32. The molecule has 3 rings (SSSR count). The third kappa shape index (κ3) is 5.51.